The lowest BCUT2D eigenvalue weighted by Gasteiger charge is -2.15. The molecule has 0 saturated heterocycles. The lowest BCUT2D eigenvalue weighted by atomic mass is 10.0. The standard InChI is InChI=1S/C18H17ClF3NO.ClH/c1-12(23-11-17(24)14-5-3-2-4-6-14)9-13-7-8-16(19)15(10-13)18(20,21)22;/h2-8,10,12,23H,9,11H2,1H3;1H. The molecule has 2 aromatic rings. The summed E-state index contributed by atoms with van der Waals surface area (Å²) in [6, 6.07) is 12.6. The summed E-state index contributed by atoms with van der Waals surface area (Å²) < 4.78 is 38.6. The summed E-state index contributed by atoms with van der Waals surface area (Å²) in [4.78, 5) is 12.0. The molecule has 7 heteroatoms. The van der Waals surface area contributed by atoms with E-state index in [1.54, 1.807) is 30.3 Å². The van der Waals surface area contributed by atoms with Crippen molar-refractivity contribution < 1.29 is 18.0 Å². The number of hydrogen-bond acceptors (Lipinski definition) is 2. The fourth-order valence-corrected chi connectivity index (χ4v) is 2.56. The van der Waals surface area contributed by atoms with E-state index in [0.29, 0.717) is 17.5 Å². The first-order valence-electron chi connectivity index (χ1n) is 7.44. The van der Waals surface area contributed by atoms with Gasteiger partial charge in [-0.25, -0.2) is 0 Å². The summed E-state index contributed by atoms with van der Waals surface area (Å²) in [5.41, 5.74) is 0.274. The molecule has 0 fully saturated rings. The van der Waals surface area contributed by atoms with Crippen molar-refractivity contribution in [1.29, 1.82) is 0 Å². The molecule has 1 N–H and O–H groups in total. The minimum atomic E-state index is -4.48. The van der Waals surface area contributed by atoms with Crippen LogP contribution in [0.25, 0.3) is 0 Å². The molecule has 0 heterocycles. The molecule has 0 spiro atoms. The molecule has 2 nitrogen and oxygen atoms in total. The van der Waals surface area contributed by atoms with Gasteiger partial charge in [0.25, 0.3) is 0 Å². The zero-order valence-electron chi connectivity index (χ0n) is 13.4. The number of halogens is 5. The molecular weight excluding hydrogens is 374 g/mol. The van der Waals surface area contributed by atoms with E-state index < -0.39 is 11.7 Å². The van der Waals surface area contributed by atoms with Crippen LogP contribution in [-0.4, -0.2) is 18.4 Å². The predicted octanol–water partition coefficient (Wildman–Crippen LogP) is 5.18. The van der Waals surface area contributed by atoms with Gasteiger partial charge >= 0.3 is 6.18 Å². The Balaban J connectivity index is 0.00000312. The molecule has 0 radical (unpaired) electrons. The molecule has 0 aromatic heterocycles. The van der Waals surface area contributed by atoms with Gasteiger partial charge in [-0.15, -0.1) is 12.4 Å². The largest absolute Gasteiger partial charge is 0.417 e. The minimum Gasteiger partial charge on any atom is -0.307 e. The Morgan fingerprint density at radius 3 is 2.40 bits per heavy atom. The van der Waals surface area contributed by atoms with E-state index in [2.05, 4.69) is 5.32 Å². The van der Waals surface area contributed by atoms with Crippen LogP contribution in [-0.2, 0) is 12.6 Å². The van der Waals surface area contributed by atoms with E-state index in [9.17, 15) is 18.0 Å². The van der Waals surface area contributed by atoms with Crippen molar-refractivity contribution in [2.75, 3.05) is 6.54 Å². The number of carbonyl (C=O) groups is 1. The molecule has 0 aliphatic heterocycles. The van der Waals surface area contributed by atoms with E-state index in [1.165, 1.54) is 6.07 Å². The van der Waals surface area contributed by atoms with E-state index in [-0.39, 0.29) is 35.8 Å². The van der Waals surface area contributed by atoms with Crippen molar-refractivity contribution in [1.82, 2.24) is 5.32 Å². The second kappa shape index (κ2) is 9.22. The van der Waals surface area contributed by atoms with Gasteiger partial charge in [0, 0.05) is 11.6 Å². The Kier molecular flexibility index (Phi) is 7.93. The first kappa shape index (κ1) is 21.5. The number of carbonyl (C=O) groups excluding carboxylic acids is 1. The molecule has 0 saturated carbocycles. The van der Waals surface area contributed by atoms with Crippen molar-refractivity contribution in [2.45, 2.75) is 25.6 Å². The molecule has 2 rings (SSSR count). The average molecular weight is 392 g/mol. The highest BCUT2D eigenvalue weighted by atomic mass is 35.5. The molecule has 0 aliphatic rings. The molecule has 2 aromatic carbocycles. The topological polar surface area (TPSA) is 29.1 Å². The number of alkyl halides is 3. The van der Waals surface area contributed by atoms with Gasteiger partial charge in [-0.3, -0.25) is 4.79 Å². The summed E-state index contributed by atoms with van der Waals surface area (Å²) in [5, 5.41) is 2.72. The van der Waals surface area contributed by atoms with Crippen molar-refractivity contribution >= 4 is 29.8 Å². The molecule has 0 aliphatic carbocycles. The van der Waals surface area contributed by atoms with Crippen LogP contribution < -0.4 is 5.32 Å². The summed E-state index contributed by atoms with van der Waals surface area (Å²) >= 11 is 5.61. The maximum absolute atomic E-state index is 12.9. The number of rotatable bonds is 6. The van der Waals surface area contributed by atoms with Crippen LogP contribution in [0.4, 0.5) is 13.2 Å². The number of nitrogens with one attached hydrogen (secondary N) is 1. The fraction of sp³-hybridized carbons (Fsp3) is 0.278. The molecule has 0 bridgehead atoms. The van der Waals surface area contributed by atoms with Crippen LogP contribution in [0.3, 0.4) is 0 Å². The van der Waals surface area contributed by atoms with Crippen LogP contribution in [0.5, 0.6) is 0 Å². The number of hydrogen-bond donors (Lipinski definition) is 1. The quantitative estimate of drug-likeness (QED) is 0.686. The van der Waals surface area contributed by atoms with Gasteiger partial charge in [0.15, 0.2) is 5.78 Å². The van der Waals surface area contributed by atoms with Crippen LogP contribution in [0.15, 0.2) is 48.5 Å². The third-order valence-corrected chi connectivity index (χ3v) is 3.91. The summed E-state index contributed by atoms with van der Waals surface area (Å²) in [5.74, 6) is -0.0606. The maximum atomic E-state index is 12.9. The van der Waals surface area contributed by atoms with Gasteiger partial charge in [0.2, 0.25) is 0 Å². The third kappa shape index (κ3) is 6.34. The smallest absolute Gasteiger partial charge is 0.307 e. The van der Waals surface area contributed by atoms with Crippen molar-refractivity contribution in [3.63, 3.8) is 0 Å². The summed E-state index contributed by atoms with van der Waals surface area (Å²) in [7, 11) is 0. The molecule has 1 unspecified atom stereocenters. The van der Waals surface area contributed by atoms with Gasteiger partial charge in [-0.05, 0) is 31.0 Å². The lowest BCUT2D eigenvalue weighted by Crippen LogP contribution is -2.33. The zero-order valence-corrected chi connectivity index (χ0v) is 15.0. The van der Waals surface area contributed by atoms with Crippen molar-refractivity contribution in [2.24, 2.45) is 0 Å². The highest BCUT2D eigenvalue weighted by molar-refractivity contribution is 6.31. The monoisotopic (exact) mass is 391 g/mol. The van der Waals surface area contributed by atoms with Crippen LogP contribution >= 0.6 is 24.0 Å². The Bertz CT molecular complexity index is 705. The second-order valence-corrected chi connectivity index (χ2v) is 5.99. The van der Waals surface area contributed by atoms with Crippen LogP contribution in [0.2, 0.25) is 5.02 Å². The zero-order chi connectivity index (χ0) is 17.7. The average Bonchev–Trinajstić information content (AvgIpc) is 2.54. The Morgan fingerprint density at radius 2 is 1.80 bits per heavy atom. The number of Topliss-reactive ketones (excluding diaryl/α,β-unsaturated/α-hetero) is 1. The minimum absolute atomic E-state index is 0. The SMILES string of the molecule is CC(Cc1ccc(Cl)c(C(F)(F)F)c1)NCC(=O)c1ccccc1.Cl. The highest BCUT2D eigenvalue weighted by Crippen LogP contribution is 2.35. The normalized spacial score (nSPS) is 12.4. The fourth-order valence-electron chi connectivity index (χ4n) is 2.34. The first-order valence-corrected chi connectivity index (χ1v) is 7.82. The molecule has 136 valence electrons. The van der Waals surface area contributed by atoms with E-state index in [0.717, 1.165) is 6.07 Å². The highest BCUT2D eigenvalue weighted by Gasteiger charge is 2.33. The third-order valence-electron chi connectivity index (χ3n) is 3.58. The van der Waals surface area contributed by atoms with E-state index in [4.69, 9.17) is 11.6 Å². The van der Waals surface area contributed by atoms with Crippen LogP contribution in [0, 0.1) is 0 Å². The van der Waals surface area contributed by atoms with Crippen LogP contribution in [0.1, 0.15) is 28.4 Å². The second-order valence-electron chi connectivity index (χ2n) is 5.59. The Morgan fingerprint density at radius 1 is 1.16 bits per heavy atom. The maximum Gasteiger partial charge on any atom is 0.417 e. The molecule has 0 amide bonds. The first-order chi connectivity index (χ1) is 11.3. The lowest BCUT2D eigenvalue weighted by molar-refractivity contribution is -0.137. The number of benzene rings is 2. The molecule has 1 atom stereocenters. The Hall–Kier alpha value is -1.56. The molecular formula is C18H18Cl2F3NO. The predicted molar refractivity (Wildman–Crippen MR) is 95.6 cm³/mol. The Labute approximate surface area is 155 Å². The van der Waals surface area contributed by atoms with Gasteiger partial charge in [0.1, 0.15) is 0 Å². The van der Waals surface area contributed by atoms with Crippen molar-refractivity contribution in [3.8, 4) is 0 Å². The van der Waals surface area contributed by atoms with Crippen molar-refractivity contribution in [3.05, 3.63) is 70.2 Å². The van der Waals surface area contributed by atoms with Gasteiger partial charge in [-0.1, -0.05) is 48.0 Å². The van der Waals surface area contributed by atoms with Gasteiger partial charge in [-0.2, -0.15) is 13.2 Å². The summed E-state index contributed by atoms with van der Waals surface area (Å²) in [6.07, 6.45) is -4.12. The number of ketones is 1. The van der Waals surface area contributed by atoms with Gasteiger partial charge in [0.05, 0.1) is 17.1 Å². The summed E-state index contributed by atoms with van der Waals surface area (Å²) in [6.45, 7) is 1.95. The molecule has 25 heavy (non-hydrogen) atoms. The van der Waals surface area contributed by atoms with Gasteiger partial charge < -0.3 is 5.32 Å². The van der Waals surface area contributed by atoms with E-state index in [1.807, 2.05) is 13.0 Å². The van der Waals surface area contributed by atoms with E-state index >= 15 is 0 Å².